The van der Waals surface area contributed by atoms with Gasteiger partial charge in [-0.1, -0.05) is 114 Å². The van der Waals surface area contributed by atoms with Crippen LogP contribution in [-0.2, 0) is 15.1 Å². The fourth-order valence-electron chi connectivity index (χ4n) is 2.89. The van der Waals surface area contributed by atoms with Gasteiger partial charge in [-0.15, -0.1) is 0 Å². The molecule has 0 atom stereocenters. The third-order valence-corrected chi connectivity index (χ3v) is 4.33. The average Bonchev–Trinajstić information content (AvgIpc) is 2.68. The first-order chi connectivity index (χ1) is 12.1. The van der Waals surface area contributed by atoms with Crippen molar-refractivity contribution in [3.05, 3.63) is 108 Å². The summed E-state index contributed by atoms with van der Waals surface area (Å²) in [7, 11) is 0. The van der Waals surface area contributed by atoms with Crippen LogP contribution in [0.4, 0.5) is 0 Å². The molecule has 0 aliphatic carbocycles. The molecule has 0 amide bonds. The van der Waals surface area contributed by atoms with Gasteiger partial charge in [0, 0.05) is 16.7 Å². The lowest BCUT2D eigenvalue weighted by Crippen LogP contribution is -2.36. The summed E-state index contributed by atoms with van der Waals surface area (Å²) in [5.41, 5.74) is 1.31. The lowest BCUT2D eigenvalue weighted by atomic mass is 9.80. The first kappa shape index (κ1) is 17.5. The minimum atomic E-state index is -1.27. The number of rotatable bonds is 5. The maximum Gasteiger partial charge on any atom is 0.341 e. The second kappa shape index (κ2) is 7.73. The summed E-state index contributed by atoms with van der Waals surface area (Å²) in [4.78, 5) is 11.1. The molecule has 0 saturated carbocycles. The van der Waals surface area contributed by atoms with Crippen LogP contribution in [0.25, 0.3) is 0 Å². The van der Waals surface area contributed by atoms with E-state index in [2.05, 4.69) is 0 Å². The summed E-state index contributed by atoms with van der Waals surface area (Å²) in [5, 5.41) is 0. The summed E-state index contributed by atoms with van der Waals surface area (Å²) in [6, 6.07) is 28.7. The Balaban J connectivity index is 2.29. The molecule has 0 bridgehead atoms. The van der Waals surface area contributed by atoms with Gasteiger partial charge < -0.3 is 4.74 Å². The Hall–Kier alpha value is -2.29. The van der Waals surface area contributed by atoms with Gasteiger partial charge in [0.25, 0.3) is 0 Å². The first-order valence-electron chi connectivity index (χ1n) is 7.82. The van der Waals surface area contributed by atoms with Gasteiger partial charge in [0.05, 0.1) is 0 Å². The number of esters is 1. The number of halogens is 2. The molecule has 126 valence electrons. The second-order valence-electron chi connectivity index (χ2n) is 5.50. The van der Waals surface area contributed by atoms with Crippen molar-refractivity contribution in [2.24, 2.45) is 0 Å². The highest BCUT2D eigenvalue weighted by atomic mass is 35.5. The Morgan fingerprint density at radius 2 is 1.00 bits per heavy atom. The van der Waals surface area contributed by atoms with E-state index >= 15 is 0 Å². The van der Waals surface area contributed by atoms with Gasteiger partial charge in [0.2, 0.25) is 4.84 Å². The molecular formula is C21H16Cl2O2. The fourth-order valence-corrected chi connectivity index (χ4v) is 2.98. The van der Waals surface area contributed by atoms with Crippen molar-refractivity contribution in [2.45, 2.75) is 10.4 Å². The Morgan fingerprint density at radius 1 is 0.680 bits per heavy atom. The molecule has 2 nitrogen and oxygen atoms in total. The van der Waals surface area contributed by atoms with Crippen molar-refractivity contribution >= 4 is 29.2 Å². The topological polar surface area (TPSA) is 26.3 Å². The van der Waals surface area contributed by atoms with E-state index < -0.39 is 16.4 Å². The van der Waals surface area contributed by atoms with E-state index in [1.807, 2.05) is 91.0 Å². The summed E-state index contributed by atoms with van der Waals surface area (Å²) in [6.45, 7) is 0. The molecule has 0 radical (unpaired) electrons. The number of hydrogen-bond donors (Lipinski definition) is 0. The monoisotopic (exact) mass is 370 g/mol. The predicted octanol–water partition coefficient (Wildman–Crippen LogP) is 5.33. The molecule has 3 aromatic carbocycles. The summed E-state index contributed by atoms with van der Waals surface area (Å²) in [6.07, 6.45) is 0. The second-order valence-corrected chi connectivity index (χ2v) is 6.60. The normalized spacial score (nSPS) is 11.3. The van der Waals surface area contributed by atoms with Gasteiger partial charge in [-0.2, -0.15) is 0 Å². The van der Waals surface area contributed by atoms with Crippen LogP contribution in [0.3, 0.4) is 0 Å². The number of hydrogen-bond acceptors (Lipinski definition) is 2. The quantitative estimate of drug-likeness (QED) is 0.344. The molecular weight excluding hydrogens is 355 g/mol. The minimum Gasteiger partial charge on any atom is -0.442 e. The van der Waals surface area contributed by atoms with E-state index in [1.165, 1.54) is 0 Å². The molecule has 3 aromatic rings. The van der Waals surface area contributed by atoms with Gasteiger partial charge in [-0.05, 0) is 0 Å². The third-order valence-electron chi connectivity index (χ3n) is 3.97. The molecule has 0 aliphatic rings. The molecule has 3 rings (SSSR count). The van der Waals surface area contributed by atoms with E-state index in [1.54, 1.807) is 0 Å². The van der Waals surface area contributed by atoms with Gasteiger partial charge >= 0.3 is 5.97 Å². The molecule has 0 fully saturated rings. The molecule has 0 N–H and O–H groups in total. The summed E-state index contributed by atoms with van der Waals surface area (Å²) in [5.74, 6) is -0.695. The van der Waals surface area contributed by atoms with Crippen LogP contribution >= 0.6 is 23.2 Å². The Morgan fingerprint density at radius 3 is 1.28 bits per heavy atom. The molecule has 4 heteroatoms. The van der Waals surface area contributed by atoms with Gasteiger partial charge in [-0.25, -0.2) is 4.79 Å². The maximum atomic E-state index is 12.4. The SMILES string of the molecule is O=C(OC(c1ccccc1)(c1ccccc1)c1ccccc1)C(Cl)Cl. The molecule has 0 aromatic heterocycles. The highest BCUT2D eigenvalue weighted by Crippen LogP contribution is 2.41. The highest BCUT2D eigenvalue weighted by molar-refractivity contribution is 6.52. The molecule has 25 heavy (non-hydrogen) atoms. The van der Waals surface area contributed by atoms with Crippen molar-refractivity contribution in [1.29, 1.82) is 0 Å². The number of carbonyl (C=O) groups is 1. The van der Waals surface area contributed by atoms with E-state index in [0.717, 1.165) is 16.7 Å². The fraction of sp³-hybridized carbons (Fsp3) is 0.0952. The average molecular weight is 371 g/mol. The number of alkyl halides is 2. The van der Waals surface area contributed by atoms with Crippen molar-refractivity contribution in [3.8, 4) is 0 Å². The molecule has 0 heterocycles. The number of carbonyl (C=O) groups excluding carboxylic acids is 1. The zero-order valence-corrected chi connectivity index (χ0v) is 14.8. The van der Waals surface area contributed by atoms with E-state index in [4.69, 9.17) is 27.9 Å². The largest absolute Gasteiger partial charge is 0.442 e. The van der Waals surface area contributed by atoms with Crippen LogP contribution in [0.2, 0.25) is 0 Å². The van der Waals surface area contributed by atoms with Crippen LogP contribution in [0.15, 0.2) is 91.0 Å². The van der Waals surface area contributed by atoms with E-state index in [-0.39, 0.29) is 0 Å². The van der Waals surface area contributed by atoms with Crippen molar-refractivity contribution < 1.29 is 9.53 Å². The van der Waals surface area contributed by atoms with Crippen LogP contribution in [-0.4, -0.2) is 10.8 Å². The van der Waals surface area contributed by atoms with E-state index in [9.17, 15) is 4.79 Å². The van der Waals surface area contributed by atoms with Crippen LogP contribution in [0, 0.1) is 0 Å². The van der Waals surface area contributed by atoms with Crippen molar-refractivity contribution in [1.82, 2.24) is 0 Å². The van der Waals surface area contributed by atoms with E-state index in [0.29, 0.717) is 0 Å². The Kier molecular flexibility index (Phi) is 5.42. The van der Waals surface area contributed by atoms with Gasteiger partial charge in [-0.3, -0.25) is 0 Å². The Labute approximate surface area is 157 Å². The number of ether oxygens (including phenoxy) is 1. The first-order valence-corrected chi connectivity index (χ1v) is 8.69. The molecule has 0 saturated heterocycles. The van der Waals surface area contributed by atoms with Crippen LogP contribution in [0.1, 0.15) is 16.7 Å². The molecule has 0 spiro atoms. The maximum absolute atomic E-state index is 12.4. The molecule has 0 unspecified atom stereocenters. The Bertz CT molecular complexity index is 722. The minimum absolute atomic E-state index is 0.695. The molecule has 0 aliphatic heterocycles. The zero-order valence-electron chi connectivity index (χ0n) is 13.3. The number of benzene rings is 3. The standard InChI is InChI=1S/C21H16Cl2O2/c22-19(23)20(24)25-21(16-10-4-1-5-11-16,17-12-6-2-7-13-17)18-14-8-3-9-15-18/h1-15,19H. The third kappa shape index (κ3) is 3.55. The van der Waals surface area contributed by atoms with Gasteiger partial charge in [0.1, 0.15) is 0 Å². The smallest absolute Gasteiger partial charge is 0.341 e. The van der Waals surface area contributed by atoms with Crippen molar-refractivity contribution in [2.75, 3.05) is 0 Å². The van der Waals surface area contributed by atoms with Crippen LogP contribution < -0.4 is 0 Å². The summed E-state index contributed by atoms with van der Waals surface area (Å²) < 4.78 is 5.95. The van der Waals surface area contributed by atoms with Crippen molar-refractivity contribution in [3.63, 3.8) is 0 Å². The van der Waals surface area contributed by atoms with Crippen LogP contribution in [0.5, 0.6) is 0 Å². The lowest BCUT2D eigenvalue weighted by molar-refractivity contribution is -0.151. The summed E-state index contributed by atoms with van der Waals surface area (Å²) >= 11 is 11.6. The highest BCUT2D eigenvalue weighted by Gasteiger charge is 2.41. The van der Waals surface area contributed by atoms with Gasteiger partial charge in [0.15, 0.2) is 5.60 Å². The zero-order chi connectivity index (χ0) is 17.7. The predicted molar refractivity (Wildman–Crippen MR) is 101 cm³/mol. The lowest BCUT2D eigenvalue weighted by Gasteiger charge is -2.35.